The number of nitrogens with one attached hydrogen (secondary N) is 3. The minimum absolute atomic E-state index is 0.242. The number of imide groups is 1. The van der Waals surface area contributed by atoms with Gasteiger partial charge < -0.3 is 15.4 Å². The first kappa shape index (κ1) is 19.0. The third-order valence-electron chi connectivity index (χ3n) is 3.72. The lowest BCUT2D eigenvalue weighted by atomic mass is 10.1. The summed E-state index contributed by atoms with van der Waals surface area (Å²) in [4.78, 5) is 35.3. The van der Waals surface area contributed by atoms with Gasteiger partial charge in [0, 0.05) is 24.7 Å². The molecule has 2 aromatic carbocycles. The van der Waals surface area contributed by atoms with Crippen molar-refractivity contribution >= 4 is 17.8 Å². The number of carbonyl (C=O) groups excluding carboxylic acids is 3. The average Bonchev–Trinajstić information content (AvgIpc) is 2.68. The van der Waals surface area contributed by atoms with Crippen molar-refractivity contribution in [1.29, 1.82) is 0 Å². The maximum absolute atomic E-state index is 12.0. The summed E-state index contributed by atoms with van der Waals surface area (Å²) < 4.78 is 5.09. The van der Waals surface area contributed by atoms with E-state index in [1.807, 2.05) is 24.3 Å². The number of ether oxygens (including phenoxy) is 1. The quantitative estimate of drug-likeness (QED) is 0.735. The molecule has 0 fully saturated rings. The van der Waals surface area contributed by atoms with E-state index < -0.39 is 11.9 Å². The number of hydrogen-bond acceptors (Lipinski definition) is 4. The molecule has 0 aliphatic heterocycles. The molecular weight excluding hydrogens is 334 g/mol. The molecule has 0 aliphatic rings. The van der Waals surface area contributed by atoms with Crippen molar-refractivity contribution in [2.75, 3.05) is 20.7 Å². The predicted molar refractivity (Wildman–Crippen MR) is 97.4 cm³/mol. The fourth-order valence-corrected chi connectivity index (χ4v) is 2.25. The second-order valence-electron chi connectivity index (χ2n) is 5.46. The van der Waals surface area contributed by atoms with Gasteiger partial charge in [-0.05, 0) is 48.4 Å². The van der Waals surface area contributed by atoms with Crippen molar-refractivity contribution in [2.24, 2.45) is 0 Å². The van der Waals surface area contributed by atoms with Crippen molar-refractivity contribution in [3.8, 4) is 5.75 Å². The molecule has 0 heterocycles. The summed E-state index contributed by atoms with van der Waals surface area (Å²) in [6, 6.07) is 13.0. The topological polar surface area (TPSA) is 96.5 Å². The maximum Gasteiger partial charge on any atom is 0.321 e. The zero-order chi connectivity index (χ0) is 18.9. The molecule has 0 radical (unpaired) electrons. The summed E-state index contributed by atoms with van der Waals surface area (Å²) >= 11 is 0. The lowest BCUT2D eigenvalue weighted by Crippen LogP contribution is -2.40. The zero-order valence-electron chi connectivity index (χ0n) is 14.7. The van der Waals surface area contributed by atoms with Gasteiger partial charge in [0.1, 0.15) is 5.75 Å². The number of urea groups is 1. The number of carbonyl (C=O) groups is 3. The number of benzene rings is 2. The highest BCUT2D eigenvalue weighted by molar-refractivity contribution is 6.04. The Balaban J connectivity index is 1.79. The Labute approximate surface area is 151 Å². The Hall–Kier alpha value is -3.35. The molecule has 26 heavy (non-hydrogen) atoms. The molecule has 0 bridgehead atoms. The van der Waals surface area contributed by atoms with E-state index in [9.17, 15) is 14.4 Å². The van der Waals surface area contributed by atoms with E-state index in [0.29, 0.717) is 24.1 Å². The Morgan fingerprint density at radius 3 is 2.00 bits per heavy atom. The monoisotopic (exact) mass is 355 g/mol. The van der Waals surface area contributed by atoms with Gasteiger partial charge in [-0.3, -0.25) is 14.9 Å². The number of amides is 4. The van der Waals surface area contributed by atoms with Crippen molar-refractivity contribution in [2.45, 2.75) is 6.42 Å². The van der Waals surface area contributed by atoms with Crippen molar-refractivity contribution in [3.63, 3.8) is 0 Å². The molecule has 2 aromatic rings. The Kier molecular flexibility index (Phi) is 6.73. The molecule has 7 heteroatoms. The first-order chi connectivity index (χ1) is 12.5. The van der Waals surface area contributed by atoms with E-state index in [1.54, 1.807) is 7.11 Å². The van der Waals surface area contributed by atoms with Crippen LogP contribution in [0.2, 0.25) is 0 Å². The highest BCUT2D eigenvalue weighted by Gasteiger charge is 2.11. The minimum atomic E-state index is -0.570. The van der Waals surface area contributed by atoms with E-state index in [2.05, 4.69) is 16.0 Å². The molecule has 2 rings (SSSR count). The van der Waals surface area contributed by atoms with Crippen LogP contribution in [-0.4, -0.2) is 38.5 Å². The van der Waals surface area contributed by atoms with Gasteiger partial charge in [-0.15, -0.1) is 0 Å². The molecule has 0 unspecified atom stereocenters. The molecule has 136 valence electrons. The molecule has 0 saturated carbocycles. The third kappa shape index (κ3) is 5.34. The summed E-state index contributed by atoms with van der Waals surface area (Å²) in [5, 5.41) is 7.38. The Morgan fingerprint density at radius 2 is 1.46 bits per heavy atom. The van der Waals surface area contributed by atoms with Crippen LogP contribution < -0.4 is 20.7 Å². The second kappa shape index (κ2) is 9.22. The lowest BCUT2D eigenvalue weighted by molar-refractivity contribution is 0.0951. The van der Waals surface area contributed by atoms with Crippen LogP contribution in [0.3, 0.4) is 0 Å². The highest BCUT2D eigenvalue weighted by Crippen LogP contribution is 2.11. The standard InChI is InChI=1S/C19H21N3O4/c1-20-17(23)14-5-7-15(8-6-14)18(24)22-19(25)21-12-11-13-3-9-16(26-2)10-4-13/h3-10H,11-12H2,1-2H3,(H,20,23)(H2,21,22,24,25). The van der Waals surface area contributed by atoms with Crippen LogP contribution in [0, 0.1) is 0 Å². The molecule has 0 aromatic heterocycles. The highest BCUT2D eigenvalue weighted by atomic mass is 16.5. The van der Waals surface area contributed by atoms with Gasteiger partial charge in [-0.2, -0.15) is 0 Å². The van der Waals surface area contributed by atoms with Crippen LogP contribution in [0.25, 0.3) is 0 Å². The van der Waals surface area contributed by atoms with Gasteiger partial charge in [0.15, 0.2) is 0 Å². The molecule has 7 nitrogen and oxygen atoms in total. The van der Waals surface area contributed by atoms with Gasteiger partial charge in [0.2, 0.25) is 0 Å². The van der Waals surface area contributed by atoms with Crippen molar-refractivity contribution < 1.29 is 19.1 Å². The number of methoxy groups -OCH3 is 1. The number of hydrogen-bond donors (Lipinski definition) is 3. The van der Waals surface area contributed by atoms with E-state index in [0.717, 1.165) is 11.3 Å². The molecule has 0 saturated heterocycles. The van der Waals surface area contributed by atoms with Crippen molar-refractivity contribution in [3.05, 3.63) is 65.2 Å². The Morgan fingerprint density at radius 1 is 0.885 bits per heavy atom. The van der Waals surface area contributed by atoms with Crippen LogP contribution in [0.15, 0.2) is 48.5 Å². The van der Waals surface area contributed by atoms with E-state index in [-0.39, 0.29) is 5.91 Å². The fraction of sp³-hybridized carbons (Fsp3) is 0.211. The summed E-state index contributed by atoms with van der Waals surface area (Å²) in [7, 11) is 3.13. The first-order valence-corrected chi connectivity index (χ1v) is 8.07. The van der Waals surface area contributed by atoms with Gasteiger partial charge in [-0.25, -0.2) is 4.79 Å². The SMILES string of the molecule is CNC(=O)c1ccc(C(=O)NC(=O)NCCc2ccc(OC)cc2)cc1. The molecule has 0 aliphatic carbocycles. The smallest absolute Gasteiger partial charge is 0.321 e. The van der Waals surface area contributed by atoms with E-state index in [1.165, 1.54) is 31.3 Å². The maximum atomic E-state index is 12.0. The van der Waals surface area contributed by atoms with Gasteiger partial charge >= 0.3 is 6.03 Å². The summed E-state index contributed by atoms with van der Waals surface area (Å²) in [6.07, 6.45) is 0.631. The first-order valence-electron chi connectivity index (χ1n) is 8.07. The predicted octanol–water partition coefficient (Wildman–Crippen LogP) is 1.74. The van der Waals surface area contributed by atoms with Crippen molar-refractivity contribution in [1.82, 2.24) is 16.0 Å². The second-order valence-corrected chi connectivity index (χ2v) is 5.46. The lowest BCUT2D eigenvalue weighted by Gasteiger charge is -2.08. The van der Waals surface area contributed by atoms with Crippen LogP contribution in [0.5, 0.6) is 5.75 Å². The summed E-state index contributed by atoms with van der Waals surface area (Å²) in [5.41, 5.74) is 1.78. The molecular formula is C19H21N3O4. The average molecular weight is 355 g/mol. The zero-order valence-corrected chi connectivity index (χ0v) is 14.7. The molecule has 4 amide bonds. The number of rotatable bonds is 6. The molecule has 0 spiro atoms. The largest absolute Gasteiger partial charge is 0.497 e. The summed E-state index contributed by atoms with van der Waals surface area (Å²) in [5.74, 6) is -0.00359. The third-order valence-corrected chi connectivity index (χ3v) is 3.72. The van der Waals surface area contributed by atoms with Gasteiger partial charge in [0.05, 0.1) is 7.11 Å². The molecule has 3 N–H and O–H groups in total. The van der Waals surface area contributed by atoms with E-state index >= 15 is 0 Å². The minimum Gasteiger partial charge on any atom is -0.497 e. The normalized spacial score (nSPS) is 9.92. The van der Waals surface area contributed by atoms with Crippen LogP contribution >= 0.6 is 0 Å². The van der Waals surface area contributed by atoms with Gasteiger partial charge in [0.25, 0.3) is 11.8 Å². The molecule has 0 atom stereocenters. The van der Waals surface area contributed by atoms with E-state index in [4.69, 9.17) is 4.74 Å². The van der Waals surface area contributed by atoms with Crippen LogP contribution in [0.4, 0.5) is 4.79 Å². The fourth-order valence-electron chi connectivity index (χ4n) is 2.25. The Bertz CT molecular complexity index is 770. The van der Waals surface area contributed by atoms with Crippen LogP contribution in [-0.2, 0) is 6.42 Å². The van der Waals surface area contributed by atoms with Gasteiger partial charge in [-0.1, -0.05) is 12.1 Å². The van der Waals surface area contributed by atoms with Crippen LogP contribution in [0.1, 0.15) is 26.3 Å². The summed E-state index contributed by atoms with van der Waals surface area (Å²) in [6.45, 7) is 0.390.